The molecule has 1 fully saturated rings. The van der Waals surface area contributed by atoms with Crippen LogP contribution in [0.25, 0.3) is 0 Å². The van der Waals surface area contributed by atoms with E-state index in [0.717, 1.165) is 23.5 Å². The van der Waals surface area contributed by atoms with Crippen molar-refractivity contribution < 1.29 is 86.1 Å². The van der Waals surface area contributed by atoms with Crippen LogP contribution < -0.4 is 80.4 Å². The van der Waals surface area contributed by atoms with Gasteiger partial charge in [0, 0.05) is 57.7 Å². The molecule has 0 spiro atoms. The normalized spacial score (nSPS) is 14.9. The number of benzene rings is 2. The third kappa shape index (κ3) is 35.5. The van der Waals surface area contributed by atoms with E-state index >= 15 is 0 Å². The summed E-state index contributed by atoms with van der Waals surface area (Å²) < 4.78 is 16.7. The van der Waals surface area contributed by atoms with Crippen molar-refractivity contribution in [2.75, 3.05) is 42.9 Å². The summed E-state index contributed by atoms with van der Waals surface area (Å²) in [5, 5.41) is 28.2. The Bertz CT molecular complexity index is 3200. The van der Waals surface area contributed by atoms with Crippen molar-refractivity contribution in [2.24, 2.45) is 17.2 Å². The second-order valence-corrected chi connectivity index (χ2v) is 28.8. The number of hydrogen-bond donors (Lipinski definition) is 14. The predicted octanol–water partition coefficient (Wildman–Crippen LogP) is -0.467. The van der Waals surface area contributed by atoms with Crippen molar-refractivity contribution in [3.05, 3.63) is 65.7 Å². The molecule has 1 saturated heterocycles. The Labute approximate surface area is 596 Å². The molecule has 2 aromatic rings. The topological polar surface area (TPSA) is 497 Å². The number of likely N-dealkylation sites (tertiary alicyclic amines) is 1. The molecule has 101 heavy (non-hydrogen) atoms. The zero-order chi connectivity index (χ0) is 75.8. The fourth-order valence-electron chi connectivity index (χ4n) is 9.66. The van der Waals surface area contributed by atoms with E-state index in [1.807, 2.05) is 20.8 Å². The average molecular weight is 1460 g/mol. The Morgan fingerprint density at radius 1 is 0.495 bits per heavy atom. The molecule has 1 aliphatic rings. The summed E-state index contributed by atoms with van der Waals surface area (Å²) in [5.41, 5.74) is 15.1. The second-order valence-electron chi connectivity index (χ2n) is 26.8. The molecule has 1 heterocycles. The number of alkyl carbamates (subject to hydrolysis) is 2. The smallest absolute Gasteiger partial charge is 0.408 e. The van der Waals surface area contributed by atoms with Gasteiger partial charge in [0.2, 0.25) is 76.8 Å². The fourth-order valence-corrected chi connectivity index (χ4v) is 11.4. The number of nitrogens with one attached hydrogen (secondary N) is 11. The number of carbonyl (C=O) groups excluding carboxylic acids is 15. The molecular formula is C66H101N15O18S2. The van der Waals surface area contributed by atoms with Crippen LogP contribution in [0.3, 0.4) is 0 Å². The number of hydrogen-bond acceptors (Lipinski definition) is 20. The Balaban J connectivity index is 2.03. The maximum Gasteiger partial charge on any atom is 0.408 e. The molecule has 3 rings (SSSR count). The zero-order valence-corrected chi connectivity index (χ0v) is 60.8. The van der Waals surface area contributed by atoms with Gasteiger partial charge in [0.05, 0.1) is 24.7 Å². The zero-order valence-electron chi connectivity index (χ0n) is 59.2. The summed E-state index contributed by atoms with van der Waals surface area (Å²) >= 11 is 2.05. The molecule has 0 bridgehead atoms. The summed E-state index contributed by atoms with van der Waals surface area (Å²) in [6.07, 6.45) is -3.12. The fraction of sp³-hybridized carbons (Fsp3) is 0.591. The summed E-state index contributed by atoms with van der Waals surface area (Å²) in [6.45, 7) is 17.6. The molecule has 17 N–H and O–H groups in total. The van der Waals surface area contributed by atoms with Crippen LogP contribution in [0, 0.1) is 0 Å². The minimum atomic E-state index is -1.91. The van der Waals surface area contributed by atoms with Crippen LogP contribution >= 0.6 is 23.5 Å². The minimum absolute atomic E-state index is 0.00696. The molecule has 0 radical (unpaired) electrons. The summed E-state index contributed by atoms with van der Waals surface area (Å²) in [4.78, 5) is 203. The molecular weight excluding hydrogens is 1350 g/mol. The van der Waals surface area contributed by atoms with Gasteiger partial charge < -0.3 is 94.8 Å². The van der Waals surface area contributed by atoms with E-state index in [-0.39, 0.29) is 80.8 Å². The van der Waals surface area contributed by atoms with Crippen LogP contribution in [-0.4, -0.2) is 202 Å². The number of amides is 15. The first-order chi connectivity index (χ1) is 47.2. The highest BCUT2D eigenvalue weighted by molar-refractivity contribution is 7.99. The van der Waals surface area contributed by atoms with Gasteiger partial charge >= 0.3 is 12.2 Å². The van der Waals surface area contributed by atoms with Gasteiger partial charge in [-0.15, -0.1) is 23.5 Å². The predicted molar refractivity (Wildman–Crippen MR) is 375 cm³/mol. The number of unbranched alkanes of at least 4 members (excludes halogenated alkanes) is 1. The number of primary amides is 3. The standard InChI is InChI=1S/C66H101N15O18S2/c1-38(82)72-36-100-34-48(80-63(96)99-66(9,10)11)59(92)77-46(31-41-22-24-42(25-23-41)97-64(3,4)5)57(90)76-45(30-40-18-13-12-14-19-40)56(89)74-44(26-27-51(67)84)55(88)78-47(32-52(68)85)58(91)79-49(35-101-37-73-39(2)83)61(94)81-29-17-21-50(81)60(93)75-43(54(87)71-33-53(69)86)20-15-16-28-70-62(95)98-65(6,7)8/h12-14,18-19,22-25,43-50H,15-17,20-21,26-37H2,1-11H3,(H2,67,84)(H2,68,85)(H2,69,86)(H,70,95)(H,71,87)(H,72,82)(H,73,83)(H,74,89)(H,75,93)(H,76,90)(H,77,92)(H,78,88)(H,79,91)(H,80,96)/t43-,44-,45-,46-,47-,48-,49-,50-/m0/s1. The van der Waals surface area contributed by atoms with E-state index in [9.17, 15) is 71.9 Å². The number of rotatable bonds is 40. The van der Waals surface area contributed by atoms with Crippen molar-refractivity contribution in [1.29, 1.82) is 0 Å². The van der Waals surface area contributed by atoms with E-state index in [4.69, 9.17) is 31.4 Å². The lowest BCUT2D eigenvalue weighted by molar-refractivity contribution is -0.142. The molecule has 1 aliphatic heterocycles. The Hall–Kier alpha value is -9.41. The first kappa shape index (κ1) is 85.8. The number of nitrogens with zero attached hydrogens (tertiary/aromatic N) is 1. The van der Waals surface area contributed by atoms with Gasteiger partial charge in [-0.1, -0.05) is 42.5 Å². The van der Waals surface area contributed by atoms with Crippen LogP contribution in [0.4, 0.5) is 9.59 Å². The molecule has 0 aliphatic carbocycles. The quantitative estimate of drug-likeness (QED) is 0.0296. The maximum absolute atomic E-state index is 14.9. The van der Waals surface area contributed by atoms with Gasteiger partial charge in [-0.2, -0.15) is 0 Å². The molecule has 8 atom stereocenters. The SMILES string of the molecule is CC(=O)NCSC[C@H](NC(=O)OC(C)(C)C)C(=O)N[C@@H](Cc1ccc(OC(C)(C)C)cc1)C(=O)N[C@@H](Cc1ccccc1)C(=O)N[C@@H](CCC(N)=O)C(=O)N[C@@H](CC(N)=O)C(=O)N[C@@H](CSCNC(C)=O)C(=O)N1CCC[C@H]1C(=O)N[C@@H](CCCCNC(=O)OC(C)(C)C)C(=O)NCC(N)=O. The molecule has 560 valence electrons. The van der Waals surface area contributed by atoms with Crippen LogP contribution in [0.1, 0.15) is 139 Å². The maximum atomic E-state index is 14.9. The van der Waals surface area contributed by atoms with Crippen LogP contribution in [-0.2, 0) is 84.6 Å². The molecule has 0 unspecified atom stereocenters. The van der Waals surface area contributed by atoms with E-state index in [0.29, 0.717) is 23.3 Å². The largest absolute Gasteiger partial charge is 0.488 e. The number of carbonyl (C=O) groups is 15. The first-order valence-corrected chi connectivity index (χ1v) is 35.2. The van der Waals surface area contributed by atoms with Gasteiger partial charge in [-0.25, -0.2) is 9.59 Å². The van der Waals surface area contributed by atoms with Crippen LogP contribution in [0.2, 0.25) is 0 Å². The monoisotopic (exact) mass is 1460 g/mol. The Kier molecular flexibility index (Phi) is 35.7. The van der Waals surface area contributed by atoms with Crippen molar-refractivity contribution in [1.82, 2.24) is 63.4 Å². The van der Waals surface area contributed by atoms with E-state index in [2.05, 4.69) is 58.5 Å². The van der Waals surface area contributed by atoms with Crippen molar-refractivity contribution in [3.8, 4) is 5.75 Å². The number of nitrogens with two attached hydrogens (primary N) is 3. The number of ether oxygens (including phenoxy) is 3. The molecule has 35 heteroatoms. The van der Waals surface area contributed by atoms with Gasteiger partial charge in [0.25, 0.3) is 0 Å². The molecule has 2 aromatic carbocycles. The van der Waals surface area contributed by atoms with Crippen molar-refractivity contribution in [3.63, 3.8) is 0 Å². The lowest BCUT2D eigenvalue weighted by Crippen LogP contribution is -2.61. The summed E-state index contributed by atoms with van der Waals surface area (Å²) in [5.74, 6) is -11.2. The molecule has 0 aromatic heterocycles. The highest BCUT2D eigenvalue weighted by atomic mass is 32.2. The van der Waals surface area contributed by atoms with Gasteiger partial charge in [-0.3, -0.25) is 62.3 Å². The Morgan fingerprint density at radius 2 is 0.980 bits per heavy atom. The number of thioether (sulfide) groups is 2. The lowest BCUT2D eigenvalue weighted by atomic mass is 10.0. The minimum Gasteiger partial charge on any atom is -0.488 e. The third-order valence-corrected chi connectivity index (χ3v) is 16.1. The van der Waals surface area contributed by atoms with Crippen molar-refractivity contribution >= 4 is 113 Å². The molecule has 0 saturated carbocycles. The highest BCUT2D eigenvalue weighted by Gasteiger charge is 2.41. The molecule has 15 amide bonds. The van der Waals surface area contributed by atoms with Crippen molar-refractivity contribution in [2.45, 2.75) is 206 Å². The van der Waals surface area contributed by atoms with E-state index in [1.165, 1.54) is 18.7 Å². The summed E-state index contributed by atoms with van der Waals surface area (Å²) in [6, 6.07) is 2.75. The summed E-state index contributed by atoms with van der Waals surface area (Å²) in [7, 11) is 0. The van der Waals surface area contributed by atoms with Gasteiger partial charge in [-0.05, 0) is 124 Å². The lowest BCUT2D eigenvalue weighted by Gasteiger charge is -2.31. The second kappa shape index (κ2) is 42.0. The van der Waals surface area contributed by atoms with E-state index in [1.54, 1.807) is 96.1 Å². The highest BCUT2D eigenvalue weighted by Crippen LogP contribution is 2.23. The first-order valence-electron chi connectivity index (χ1n) is 32.9. The average Bonchev–Trinajstić information content (AvgIpc) is 1.80. The third-order valence-electron chi connectivity index (χ3n) is 14.2. The van der Waals surface area contributed by atoms with Crippen LogP contribution in [0.15, 0.2) is 54.6 Å². The van der Waals surface area contributed by atoms with Gasteiger partial charge in [0.1, 0.15) is 70.9 Å². The van der Waals surface area contributed by atoms with Gasteiger partial charge in [0.15, 0.2) is 0 Å². The van der Waals surface area contributed by atoms with Crippen LogP contribution in [0.5, 0.6) is 5.75 Å². The molecule has 33 nitrogen and oxygen atoms in total. The Morgan fingerprint density at radius 3 is 1.50 bits per heavy atom. The van der Waals surface area contributed by atoms with E-state index < -0.39 is 174 Å².